The van der Waals surface area contributed by atoms with Crippen LogP contribution in [0.1, 0.15) is 38.6 Å². The molecule has 5 nitrogen and oxygen atoms in total. The molecule has 1 heterocycles. The van der Waals surface area contributed by atoms with E-state index in [0.717, 1.165) is 55.5 Å². The number of anilines is 2. The molecule has 1 aromatic heterocycles. The van der Waals surface area contributed by atoms with E-state index in [-0.39, 0.29) is 6.61 Å². The van der Waals surface area contributed by atoms with Crippen molar-refractivity contribution in [2.75, 3.05) is 36.5 Å². The first kappa shape index (κ1) is 15.7. The maximum absolute atomic E-state index is 8.99. The zero-order chi connectivity index (χ0) is 14.3. The summed E-state index contributed by atoms with van der Waals surface area (Å²) in [6.07, 6.45) is 1.58. The third kappa shape index (κ3) is 4.06. The fourth-order valence-electron chi connectivity index (χ4n) is 2.03. The molecular formula is C14H26N4O. The average molecular weight is 266 g/mol. The molecular weight excluding hydrogens is 240 g/mol. The van der Waals surface area contributed by atoms with Crippen molar-refractivity contribution in [3.8, 4) is 0 Å². The first-order valence-corrected chi connectivity index (χ1v) is 7.15. The zero-order valence-corrected chi connectivity index (χ0v) is 12.5. The minimum Gasteiger partial charge on any atom is -0.396 e. The van der Waals surface area contributed by atoms with E-state index in [2.05, 4.69) is 41.0 Å². The SMILES string of the molecule is CCNc1nc(CC)nc(N(CC)CCCO)c1C. The van der Waals surface area contributed by atoms with E-state index in [9.17, 15) is 0 Å². The summed E-state index contributed by atoms with van der Waals surface area (Å²) in [5, 5.41) is 12.3. The largest absolute Gasteiger partial charge is 0.396 e. The quantitative estimate of drug-likeness (QED) is 0.753. The zero-order valence-electron chi connectivity index (χ0n) is 12.5. The van der Waals surface area contributed by atoms with E-state index < -0.39 is 0 Å². The summed E-state index contributed by atoms with van der Waals surface area (Å²) in [5.74, 6) is 2.77. The monoisotopic (exact) mass is 266 g/mol. The molecule has 0 saturated heterocycles. The number of aryl methyl sites for hydroxylation is 1. The predicted molar refractivity (Wildman–Crippen MR) is 79.9 cm³/mol. The van der Waals surface area contributed by atoms with Crippen molar-refractivity contribution in [1.82, 2.24) is 9.97 Å². The van der Waals surface area contributed by atoms with Gasteiger partial charge < -0.3 is 15.3 Å². The lowest BCUT2D eigenvalue weighted by Crippen LogP contribution is -2.27. The van der Waals surface area contributed by atoms with Crippen LogP contribution in [0.25, 0.3) is 0 Å². The molecule has 0 fully saturated rings. The highest BCUT2D eigenvalue weighted by Crippen LogP contribution is 2.23. The highest BCUT2D eigenvalue weighted by Gasteiger charge is 2.14. The van der Waals surface area contributed by atoms with Crippen molar-refractivity contribution in [3.05, 3.63) is 11.4 Å². The van der Waals surface area contributed by atoms with Gasteiger partial charge in [0.2, 0.25) is 0 Å². The number of hydrogen-bond acceptors (Lipinski definition) is 5. The number of aliphatic hydroxyl groups excluding tert-OH is 1. The Bertz CT molecular complexity index is 395. The van der Waals surface area contributed by atoms with Gasteiger partial charge in [0.15, 0.2) is 0 Å². The van der Waals surface area contributed by atoms with Crippen LogP contribution in [0.15, 0.2) is 0 Å². The van der Waals surface area contributed by atoms with Gasteiger partial charge in [-0.2, -0.15) is 0 Å². The molecule has 19 heavy (non-hydrogen) atoms. The van der Waals surface area contributed by atoms with Gasteiger partial charge in [0.25, 0.3) is 0 Å². The Balaban J connectivity index is 3.11. The number of hydrogen-bond donors (Lipinski definition) is 2. The topological polar surface area (TPSA) is 61.3 Å². The number of aliphatic hydroxyl groups is 1. The normalized spacial score (nSPS) is 10.6. The van der Waals surface area contributed by atoms with Gasteiger partial charge in [-0.25, -0.2) is 9.97 Å². The van der Waals surface area contributed by atoms with Crippen molar-refractivity contribution in [2.24, 2.45) is 0 Å². The number of aromatic nitrogens is 2. The summed E-state index contributed by atoms with van der Waals surface area (Å²) in [5.41, 5.74) is 1.08. The lowest BCUT2D eigenvalue weighted by molar-refractivity contribution is 0.289. The Morgan fingerprint density at radius 1 is 1.21 bits per heavy atom. The van der Waals surface area contributed by atoms with Crippen LogP contribution >= 0.6 is 0 Å². The fourth-order valence-corrected chi connectivity index (χ4v) is 2.03. The van der Waals surface area contributed by atoms with Crippen LogP contribution in [-0.2, 0) is 6.42 Å². The van der Waals surface area contributed by atoms with E-state index in [0.29, 0.717) is 0 Å². The average Bonchev–Trinajstić information content (AvgIpc) is 2.43. The van der Waals surface area contributed by atoms with Gasteiger partial charge in [0, 0.05) is 38.2 Å². The Hall–Kier alpha value is -1.36. The summed E-state index contributed by atoms with van der Waals surface area (Å²) in [4.78, 5) is 11.4. The lowest BCUT2D eigenvalue weighted by Gasteiger charge is -2.25. The van der Waals surface area contributed by atoms with Crippen molar-refractivity contribution in [3.63, 3.8) is 0 Å². The molecule has 0 radical (unpaired) electrons. The highest BCUT2D eigenvalue weighted by molar-refractivity contribution is 5.58. The molecule has 0 atom stereocenters. The third-order valence-electron chi connectivity index (χ3n) is 3.09. The molecule has 0 bridgehead atoms. The van der Waals surface area contributed by atoms with Crippen LogP contribution < -0.4 is 10.2 Å². The minimum atomic E-state index is 0.210. The Morgan fingerprint density at radius 2 is 1.95 bits per heavy atom. The van der Waals surface area contributed by atoms with Crippen molar-refractivity contribution >= 4 is 11.6 Å². The Kier molecular flexibility index (Phi) is 6.56. The molecule has 0 saturated carbocycles. The summed E-state index contributed by atoms with van der Waals surface area (Å²) >= 11 is 0. The molecule has 0 aromatic carbocycles. The van der Waals surface area contributed by atoms with Crippen LogP contribution in [0.3, 0.4) is 0 Å². The lowest BCUT2D eigenvalue weighted by atomic mass is 10.2. The molecule has 0 spiro atoms. The van der Waals surface area contributed by atoms with Crippen LogP contribution in [0.2, 0.25) is 0 Å². The Morgan fingerprint density at radius 3 is 2.47 bits per heavy atom. The van der Waals surface area contributed by atoms with Gasteiger partial charge >= 0.3 is 0 Å². The molecule has 0 aliphatic heterocycles. The molecule has 2 N–H and O–H groups in total. The minimum absolute atomic E-state index is 0.210. The van der Waals surface area contributed by atoms with E-state index in [1.807, 2.05) is 6.92 Å². The summed E-state index contributed by atoms with van der Waals surface area (Å²) < 4.78 is 0. The van der Waals surface area contributed by atoms with Crippen molar-refractivity contribution < 1.29 is 5.11 Å². The second kappa shape index (κ2) is 7.94. The molecule has 1 aromatic rings. The van der Waals surface area contributed by atoms with E-state index >= 15 is 0 Å². The van der Waals surface area contributed by atoms with E-state index in [4.69, 9.17) is 5.11 Å². The second-order valence-corrected chi connectivity index (χ2v) is 4.48. The maximum Gasteiger partial charge on any atom is 0.137 e. The molecule has 108 valence electrons. The number of rotatable bonds is 8. The summed E-state index contributed by atoms with van der Waals surface area (Å²) in [6, 6.07) is 0. The van der Waals surface area contributed by atoms with Gasteiger partial charge in [-0.15, -0.1) is 0 Å². The third-order valence-corrected chi connectivity index (χ3v) is 3.09. The van der Waals surface area contributed by atoms with Crippen molar-refractivity contribution in [2.45, 2.75) is 40.5 Å². The predicted octanol–water partition coefficient (Wildman–Crippen LogP) is 1.99. The van der Waals surface area contributed by atoms with Crippen LogP contribution in [0.5, 0.6) is 0 Å². The maximum atomic E-state index is 8.99. The second-order valence-electron chi connectivity index (χ2n) is 4.48. The molecule has 0 aliphatic carbocycles. The molecule has 1 rings (SSSR count). The molecule has 0 amide bonds. The molecule has 5 heteroatoms. The van der Waals surface area contributed by atoms with Gasteiger partial charge in [-0.05, 0) is 27.2 Å². The standard InChI is InChI=1S/C14H26N4O/c1-5-12-16-13(15-6-2)11(4)14(17-12)18(7-3)9-8-10-19/h19H,5-10H2,1-4H3,(H,15,16,17). The van der Waals surface area contributed by atoms with E-state index in [1.165, 1.54) is 0 Å². The Labute approximate surface area is 116 Å². The summed E-state index contributed by atoms with van der Waals surface area (Å²) in [7, 11) is 0. The van der Waals surface area contributed by atoms with Gasteiger partial charge in [0.05, 0.1) is 0 Å². The smallest absolute Gasteiger partial charge is 0.137 e. The fraction of sp³-hybridized carbons (Fsp3) is 0.714. The van der Waals surface area contributed by atoms with Gasteiger partial charge in [-0.3, -0.25) is 0 Å². The number of nitrogens with zero attached hydrogens (tertiary/aromatic N) is 3. The van der Waals surface area contributed by atoms with Gasteiger partial charge in [-0.1, -0.05) is 6.92 Å². The van der Waals surface area contributed by atoms with Crippen LogP contribution in [0.4, 0.5) is 11.6 Å². The highest BCUT2D eigenvalue weighted by atomic mass is 16.3. The summed E-state index contributed by atoms with van der Waals surface area (Å²) in [6.45, 7) is 11.0. The van der Waals surface area contributed by atoms with Gasteiger partial charge in [0.1, 0.15) is 17.5 Å². The van der Waals surface area contributed by atoms with Crippen LogP contribution in [0, 0.1) is 6.92 Å². The first-order chi connectivity index (χ1) is 9.17. The first-order valence-electron chi connectivity index (χ1n) is 7.15. The van der Waals surface area contributed by atoms with E-state index in [1.54, 1.807) is 0 Å². The molecule has 0 unspecified atom stereocenters. The van der Waals surface area contributed by atoms with Crippen molar-refractivity contribution in [1.29, 1.82) is 0 Å². The van der Waals surface area contributed by atoms with Crippen LogP contribution in [-0.4, -0.2) is 41.3 Å². The number of nitrogens with one attached hydrogen (secondary N) is 1. The molecule has 0 aliphatic rings.